The molecule has 0 saturated heterocycles. The second-order valence-electron chi connectivity index (χ2n) is 7.83. The minimum atomic E-state index is 0.357. The van der Waals surface area contributed by atoms with E-state index in [0.29, 0.717) is 6.04 Å². The maximum Gasteiger partial charge on any atom is 0.249 e. The lowest BCUT2D eigenvalue weighted by Crippen LogP contribution is -2.41. The Labute approximate surface area is 157 Å². The molecule has 0 spiro atoms. The molecule has 0 bridgehead atoms. The SMILES string of the molecule is Cc1cc(C)c(-n2c[n+]([C@H](C)c3ccccc3)c3c2CCCC3)c(C)c1. The van der Waals surface area contributed by atoms with Gasteiger partial charge in [-0.2, -0.15) is 4.57 Å². The van der Waals surface area contributed by atoms with Crippen molar-refractivity contribution < 1.29 is 4.57 Å². The zero-order valence-electron chi connectivity index (χ0n) is 16.4. The molecule has 2 aromatic carbocycles. The fraction of sp³-hybridized carbons (Fsp3) is 0.375. The van der Waals surface area contributed by atoms with Gasteiger partial charge in [-0.25, -0.2) is 4.57 Å². The summed E-state index contributed by atoms with van der Waals surface area (Å²) in [7, 11) is 0. The van der Waals surface area contributed by atoms with Crippen molar-refractivity contribution in [1.82, 2.24) is 4.57 Å². The van der Waals surface area contributed by atoms with Crippen LogP contribution < -0.4 is 4.57 Å². The summed E-state index contributed by atoms with van der Waals surface area (Å²) in [6.45, 7) is 9.00. The van der Waals surface area contributed by atoms with E-state index in [0.717, 1.165) is 0 Å². The number of hydrogen-bond donors (Lipinski definition) is 0. The minimum absolute atomic E-state index is 0.357. The van der Waals surface area contributed by atoms with Gasteiger partial charge in [0.05, 0.1) is 0 Å². The lowest BCUT2D eigenvalue weighted by atomic mass is 9.98. The van der Waals surface area contributed by atoms with Crippen LogP contribution in [0.5, 0.6) is 0 Å². The number of benzene rings is 2. The average Bonchev–Trinajstić information content (AvgIpc) is 3.01. The first-order valence-electron chi connectivity index (χ1n) is 9.83. The van der Waals surface area contributed by atoms with Gasteiger partial charge in [0.1, 0.15) is 17.4 Å². The second kappa shape index (κ2) is 6.75. The number of fused-ring (bicyclic) bond motifs is 1. The van der Waals surface area contributed by atoms with E-state index in [1.54, 1.807) is 0 Å². The first-order chi connectivity index (χ1) is 12.6. The Balaban J connectivity index is 1.89. The van der Waals surface area contributed by atoms with Crippen LogP contribution in [0.4, 0.5) is 0 Å². The molecule has 1 aliphatic rings. The Hall–Kier alpha value is -2.35. The van der Waals surface area contributed by atoms with E-state index in [2.05, 4.69) is 85.6 Å². The summed E-state index contributed by atoms with van der Waals surface area (Å²) in [5.41, 5.74) is 9.85. The fourth-order valence-corrected chi connectivity index (χ4v) is 4.65. The third-order valence-corrected chi connectivity index (χ3v) is 5.83. The fourth-order valence-electron chi connectivity index (χ4n) is 4.65. The molecule has 134 valence electrons. The van der Waals surface area contributed by atoms with E-state index in [9.17, 15) is 0 Å². The molecule has 2 heteroatoms. The average molecular weight is 346 g/mol. The molecule has 0 aliphatic heterocycles. The number of hydrogen-bond acceptors (Lipinski definition) is 0. The predicted molar refractivity (Wildman–Crippen MR) is 107 cm³/mol. The molecule has 1 atom stereocenters. The zero-order valence-corrected chi connectivity index (χ0v) is 16.4. The Bertz CT molecular complexity index is 911. The van der Waals surface area contributed by atoms with Gasteiger partial charge in [0, 0.05) is 12.8 Å². The van der Waals surface area contributed by atoms with Gasteiger partial charge in [-0.3, -0.25) is 0 Å². The number of nitrogens with zero attached hydrogens (tertiary/aromatic N) is 2. The van der Waals surface area contributed by atoms with E-state index >= 15 is 0 Å². The van der Waals surface area contributed by atoms with Crippen LogP contribution in [0.15, 0.2) is 48.8 Å². The van der Waals surface area contributed by atoms with E-state index in [1.807, 2.05) is 0 Å². The van der Waals surface area contributed by atoms with Crippen LogP contribution in [0, 0.1) is 20.8 Å². The third kappa shape index (κ3) is 2.88. The van der Waals surface area contributed by atoms with E-state index in [1.165, 1.54) is 65.0 Å². The third-order valence-electron chi connectivity index (χ3n) is 5.83. The highest BCUT2D eigenvalue weighted by Gasteiger charge is 2.30. The lowest BCUT2D eigenvalue weighted by molar-refractivity contribution is -0.716. The van der Waals surface area contributed by atoms with Crippen molar-refractivity contribution in [1.29, 1.82) is 0 Å². The molecule has 0 saturated carbocycles. The molecule has 1 aliphatic carbocycles. The first-order valence-corrected chi connectivity index (χ1v) is 9.83. The summed E-state index contributed by atoms with van der Waals surface area (Å²) in [4.78, 5) is 0. The van der Waals surface area contributed by atoms with Gasteiger partial charge < -0.3 is 0 Å². The number of aryl methyl sites for hydroxylation is 3. The zero-order chi connectivity index (χ0) is 18.3. The highest BCUT2D eigenvalue weighted by molar-refractivity contribution is 5.50. The summed E-state index contributed by atoms with van der Waals surface area (Å²) < 4.78 is 5.00. The highest BCUT2D eigenvalue weighted by atomic mass is 15.2. The Morgan fingerprint density at radius 1 is 0.923 bits per heavy atom. The van der Waals surface area contributed by atoms with Gasteiger partial charge in [0.2, 0.25) is 6.33 Å². The van der Waals surface area contributed by atoms with Gasteiger partial charge in [0.25, 0.3) is 0 Å². The Morgan fingerprint density at radius 2 is 1.58 bits per heavy atom. The molecule has 4 rings (SSSR count). The van der Waals surface area contributed by atoms with Crippen molar-refractivity contribution in [3.05, 3.63) is 82.4 Å². The van der Waals surface area contributed by atoms with Gasteiger partial charge >= 0.3 is 0 Å². The maximum absolute atomic E-state index is 2.52. The topological polar surface area (TPSA) is 8.81 Å². The number of imidazole rings is 1. The summed E-state index contributed by atoms with van der Waals surface area (Å²) in [6, 6.07) is 15.8. The molecule has 0 radical (unpaired) electrons. The quantitative estimate of drug-likeness (QED) is 0.579. The van der Waals surface area contributed by atoms with Crippen molar-refractivity contribution in [3.8, 4) is 5.69 Å². The number of aromatic nitrogens is 2. The van der Waals surface area contributed by atoms with Gasteiger partial charge in [-0.15, -0.1) is 0 Å². The second-order valence-corrected chi connectivity index (χ2v) is 7.83. The van der Waals surface area contributed by atoms with Crippen LogP contribution in [0.1, 0.15) is 59.4 Å². The van der Waals surface area contributed by atoms with Gasteiger partial charge in [-0.1, -0.05) is 48.0 Å². The molecule has 0 fully saturated rings. The molecular formula is C24H29N2+. The Kier molecular flexibility index (Phi) is 4.44. The molecule has 1 heterocycles. The van der Waals surface area contributed by atoms with Crippen LogP contribution in [-0.2, 0) is 12.8 Å². The Morgan fingerprint density at radius 3 is 2.27 bits per heavy atom. The molecule has 26 heavy (non-hydrogen) atoms. The standard InChI is InChI=1S/C24H29N2/c1-17-14-18(2)24(19(3)15-17)26-16-25(22-12-8-9-13-23(22)26)20(4)21-10-6-5-7-11-21/h5-7,10-11,14-16,20H,8-9,12-13H2,1-4H3/q+1/t20-/m1/s1. The van der Waals surface area contributed by atoms with Crippen molar-refractivity contribution in [2.45, 2.75) is 59.4 Å². The largest absolute Gasteiger partial charge is 0.249 e. The monoisotopic (exact) mass is 345 g/mol. The first kappa shape index (κ1) is 17.1. The minimum Gasteiger partial charge on any atom is -0.227 e. The summed E-state index contributed by atoms with van der Waals surface area (Å²) in [6.07, 6.45) is 7.31. The summed E-state index contributed by atoms with van der Waals surface area (Å²) in [5, 5.41) is 0. The van der Waals surface area contributed by atoms with Crippen molar-refractivity contribution in [2.75, 3.05) is 0 Å². The molecule has 3 aromatic rings. The molecule has 0 unspecified atom stereocenters. The number of rotatable bonds is 3. The maximum atomic E-state index is 2.52. The molecular weight excluding hydrogens is 316 g/mol. The van der Waals surface area contributed by atoms with Crippen molar-refractivity contribution in [3.63, 3.8) is 0 Å². The molecule has 0 N–H and O–H groups in total. The van der Waals surface area contributed by atoms with Gasteiger partial charge in [-0.05, 0) is 57.2 Å². The summed E-state index contributed by atoms with van der Waals surface area (Å²) in [5.74, 6) is 0. The highest BCUT2D eigenvalue weighted by Crippen LogP contribution is 2.28. The lowest BCUT2D eigenvalue weighted by Gasteiger charge is -2.14. The van der Waals surface area contributed by atoms with E-state index < -0.39 is 0 Å². The van der Waals surface area contributed by atoms with Crippen LogP contribution in [0.3, 0.4) is 0 Å². The predicted octanol–water partition coefficient (Wildman–Crippen LogP) is 5.18. The van der Waals surface area contributed by atoms with E-state index in [4.69, 9.17) is 0 Å². The van der Waals surface area contributed by atoms with Crippen LogP contribution in [0.25, 0.3) is 5.69 Å². The van der Waals surface area contributed by atoms with Crippen LogP contribution in [-0.4, -0.2) is 4.57 Å². The van der Waals surface area contributed by atoms with Crippen molar-refractivity contribution >= 4 is 0 Å². The van der Waals surface area contributed by atoms with Crippen LogP contribution in [0.2, 0.25) is 0 Å². The molecule has 0 amide bonds. The summed E-state index contributed by atoms with van der Waals surface area (Å²) >= 11 is 0. The van der Waals surface area contributed by atoms with Gasteiger partial charge in [0.15, 0.2) is 5.69 Å². The van der Waals surface area contributed by atoms with Crippen LogP contribution >= 0.6 is 0 Å². The molecule has 1 aromatic heterocycles. The van der Waals surface area contributed by atoms with E-state index in [-0.39, 0.29) is 0 Å². The normalized spacial score (nSPS) is 14.9. The smallest absolute Gasteiger partial charge is 0.227 e. The van der Waals surface area contributed by atoms with Crippen molar-refractivity contribution in [2.24, 2.45) is 0 Å². The molecule has 2 nitrogen and oxygen atoms in total.